The first-order chi connectivity index (χ1) is 7.37. The van der Waals surface area contributed by atoms with E-state index in [2.05, 4.69) is 4.74 Å². The van der Waals surface area contributed by atoms with Gasteiger partial charge in [0, 0.05) is 0 Å². The molecule has 0 aliphatic carbocycles. The molecule has 0 aromatic heterocycles. The van der Waals surface area contributed by atoms with Gasteiger partial charge in [-0.25, -0.2) is 0 Å². The lowest BCUT2D eigenvalue weighted by atomic mass is 10.5. The Kier molecular flexibility index (Phi) is 4.43. The fourth-order valence-corrected chi connectivity index (χ4v) is 0.391. The van der Waals surface area contributed by atoms with E-state index in [1.54, 1.807) is 0 Å². The third-order valence-electron chi connectivity index (χ3n) is 1.02. The quantitative estimate of drug-likeness (QED) is 0.539. The molecule has 100 valence electrons. The van der Waals surface area contributed by atoms with Gasteiger partial charge in [0.15, 0.2) is 0 Å². The molecule has 0 fully saturated rings. The Bertz CT molecular complexity index is 311. The summed E-state index contributed by atoms with van der Waals surface area (Å²) in [6.07, 6.45) is -11.9. The van der Waals surface area contributed by atoms with E-state index in [1.807, 2.05) is 0 Å². The van der Waals surface area contributed by atoms with Crippen LogP contribution in [0.1, 0.15) is 0 Å². The molecule has 0 aromatic carbocycles. The van der Waals surface area contributed by atoms with Crippen LogP contribution in [0, 0.1) is 0 Å². The summed E-state index contributed by atoms with van der Waals surface area (Å²) >= 11 is 0. The Labute approximate surface area is 86.0 Å². The molecule has 0 rings (SSSR count). The zero-order valence-corrected chi connectivity index (χ0v) is 7.19. The smallest absolute Gasteiger partial charge is 0.400 e. The van der Waals surface area contributed by atoms with Crippen molar-refractivity contribution in [2.75, 3.05) is 0 Å². The van der Waals surface area contributed by atoms with Crippen LogP contribution >= 0.6 is 0 Å². The van der Waals surface area contributed by atoms with Gasteiger partial charge >= 0.3 is 24.4 Å². The van der Waals surface area contributed by atoms with Gasteiger partial charge in [-0.05, 0) is 0 Å². The zero-order chi connectivity index (χ0) is 14.0. The molecule has 0 heterocycles. The molecule has 0 spiro atoms. The number of ether oxygens (including phenoxy) is 1. The summed E-state index contributed by atoms with van der Waals surface area (Å²) in [5.41, 5.74) is 0. The van der Waals surface area contributed by atoms with E-state index in [-0.39, 0.29) is 0 Å². The van der Waals surface area contributed by atoms with E-state index < -0.39 is 36.0 Å². The van der Waals surface area contributed by atoms with Crippen molar-refractivity contribution in [3.63, 3.8) is 0 Å². The van der Waals surface area contributed by atoms with Crippen LogP contribution in [0.4, 0.5) is 43.9 Å². The molecule has 1 nitrogen and oxygen atoms in total. The molecule has 0 bridgehead atoms. The first-order valence-electron chi connectivity index (χ1n) is 3.30. The van der Waals surface area contributed by atoms with Crippen molar-refractivity contribution < 1.29 is 48.6 Å². The van der Waals surface area contributed by atoms with E-state index in [0.29, 0.717) is 0 Å². The SMILES string of the molecule is FC(OC(F)=C(F)C(F)(F)F)=C(F)C(F)(F)F. The number of halogens is 10. The molecule has 0 saturated heterocycles. The maximum atomic E-state index is 12.0. The Morgan fingerprint density at radius 1 is 0.588 bits per heavy atom. The predicted molar refractivity (Wildman–Crippen MR) is 31.7 cm³/mol. The highest BCUT2D eigenvalue weighted by atomic mass is 19.4. The third kappa shape index (κ3) is 4.53. The largest absolute Gasteiger partial charge is 0.449 e. The van der Waals surface area contributed by atoms with E-state index in [9.17, 15) is 43.9 Å². The van der Waals surface area contributed by atoms with Gasteiger partial charge in [0.25, 0.3) is 11.7 Å². The summed E-state index contributed by atoms with van der Waals surface area (Å²) in [4.78, 5) is 0. The Morgan fingerprint density at radius 2 is 0.824 bits per heavy atom. The summed E-state index contributed by atoms with van der Waals surface area (Å²) in [6.45, 7) is 0. The van der Waals surface area contributed by atoms with Crippen molar-refractivity contribution in [1.82, 2.24) is 0 Å². The average Bonchev–Trinajstić information content (AvgIpc) is 2.12. The van der Waals surface area contributed by atoms with Gasteiger partial charge in [0.05, 0.1) is 0 Å². The molecule has 0 aliphatic heterocycles. The fraction of sp³-hybridized carbons (Fsp3) is 0.333. The van der Waals surface area contributed by atoms with Crippen LogP contribution in [0.25, 0.3) is 0 Å². The molecule has 0 saturated carbocycles. The Morgan fingerprint density at radius 3 is 1.00 bits per heavy atom. The molecular formula is C6F10O. The van der Waals surface area contributed by atoms with Gasteiger partial charge in [-0.3, -0.25) is 0 Å². The van der Waals surface area contributed by atoms with Gasteiger partial charge in [0.1, 0.15) is 0 Å². The van der Waals surface area contributed by atoms with Gasteiger partial charge in [-0.2, -0.15) is 43.9 Å². The molecule has 0 radical (unpaired) electrons. The van der Waals surface area contributed by atoms with Crippen LogP contribution in [0.2, 0.25) is 0 Å². The highest BCUT2D eigenvalue weighted by Crippen LogP contribution is 2.34. The number of rotatable bonds is 2. The highest BCUT2D eigenvalue weighted by Gasteiger charge is 2.42. The summed E-state index contributed by atoms with van der Waals surface area (Å²) in [5, 5.41) is 0. The summed E-state index contributed by atoms with van der Waals surface area (Å²) in [6, 6.07) is -6.76. The van der Waals surface area contributed by atoms with Gasteiger partial charge in [-0.15, -0.1) is 0 Å². The van der Waals surface area contributed by atoms with Crippen molar-refractivity contribution in [1.29, 1.82) is 0 Å². The van der Waals surface area contributed by atoms with Crippen LogP contribution in [0.3, 0.4) is 0 Å². The first kappa shape index (κ1) is 15.6. The lowest BCUT2D eigenvalue weighted by Crippen LogP contribution is -2.13. The van der Waals surface area contributed by atoms with E-state index in [0.717, 1.165) is 0 Å². The molecule has 0 amide bonds. The van der Waals surface area contributed by atoms with E-state index >= 15 is 0 Å². The minimum absolute atomic E-state index is 2.46. The second kappa shape index (κ2) is 4.84. The maximum absolute atomic E-state index is 12.0. The van der Waals surface area contributed by atoms with Crippen LogP contribution in [0.5, 0.6) is 0 Å². The minimum Gasteiger partial charge on any atom is -0.400 e. The van der Waals surface area contributed by atoms with Crippen molar-refractivity contribution in [2.45, 2.75) is 12.4 Å². The highest BCUT2D eigenvalue weighted by molar-refractivity contribution is 5.06. The van der Waals surface area contributed by atoms with Gasteiger partial charge < -0.3 is 4.74 Å². The Balaban J connectivity index is 5.13. The van der Waals surface area contributed by atoms with E-state index in [1.165, 1.54) is 0 Å². The molecule has 17 heavy (non-hydrogen) atoms. The molecule has 0 aliphatic rings. The van der Waals surface area contributed by atoms with Gasteiger partial charge in [-0.1, -0.05) is 0 Å². The number of hydrogen-bond acceptors (Lipinski definition) is 1. The molecule has 0 atom stereocenters. The molecule has 11 heteroatoms. The predicted octanol–water partition coefficient (Wildman–Crippen LogP) is 4.34. The second-order valence-corrected chi connectivity index (χ2v) is 2.27. The zero-order valence-electron chi connectivity index (χ0n) is 7.19. The van der Waals surface area contributed by atoms with Gasteiger partial charge in [0.2, 0.25) is 0 Å². The van der Waals surface area contributed by atoms with Crippen LogP contribution in [-0.4, -0.2) is 12.4 Å². The van der Waals surface area contributed by atoms with Crippen molar-refractivity contribution in [3.05, 3.63) is 23.7 Å². The van der Waals surface area contributed by atoms with Crippen molar-refractivity contribution in [2.24, 2.45) is 0 Å². The topological polar surface area (TPSA) is 9.23 Å². The summed E-state index contributed by atoms with van der Waals surface area (Å²) < 4.78 is 119. The summed E-state index contributed by atoms with van der Waals surface area (Å²) in [5.74, 6) is -7.27. The average molecular weight is 278 g/mol. The van der Waals surface area contributed by atoms with E-state index in [4.69, 9.17) is 0 Å². The molecule has 0 aromatic rings. The van der Waals surface area contributed by atoms with Crippen LogP contribution in [0.15, 0.2) is 23.7 Å². The first-order valence-corrected chi connectivity index (χ1v) is 3.30. The molecule has 0 N–H and O–H groups in total. The number of allylic oxidation sites excluding steroid dienone is 2. The monoisotopic (exact) mass is 278 g/mol. The third-order valence-corrected chi connectivity index (χ3v) is 1.02. The normalized spacial score (nSPS) is 16.4. The minimum atomic E-state index is -5.95. The Hall–Kier alpha value is -1.42. The lowest BCUT2D eigenvalue weighted by molar-refractivity contribution is -0.121. The van der Waals surface area contributed by atoms with Crippen LogP contribution < -0.4 is 0 Å². The molecular weight excluding hydrogens is 278 g/mol. The maximum Gasteiger partial charge on any atom is 0.449 e. The fourth-order valence-electron chi connectivity index (χ4n) is 0.391. The van der Waals surface area contributed by atoms with Crippen LogP contribution in [-0.2, 0) is 4.74 Å². The second-order valence-electron chi connectivity index (χ2n) is 2.27. The van der Waals surface area contributed by atoms with Crippen molar-refractivity contribution >= 4 is 0 Å². The standard InChI is InChI=1S/C6F10O/c7-1(5(11,12)13)3(9)17-4(10)2(8)6(14,15)16. The number of alkyl halides is 6. The summed E-state index contributed by atoms with van der Waals surface area (Å²) in [7, 11) is 0. The molecule has 0 unspecified atom stereocenters. The lowest BCUT2D eigenvalue weighted by Gasteiger charge is -2.07. The number of hydrogen-bond donors (Lipinski definition) is 0. The van der Waals surface area contributed by atoms with Crippen molar-refractivity contribution in [3.8, 4) is 0 Å².